The van der Waals surface area contributed by atoms with Gasteiger partial charge in [0.2, 0.25) is 0 Å². The molecule has 0 aromatic rings. The lowest BCUT2D eigenvalue weighted by atomic mass is 9.92. The maximum atomic E-state index is 10.3. The molecule has 1 unspecified atom stereocenters. The summed E-state index contributed by atoms with van der Waals surface area (Å²) in [6, 6.07) is 0. The van der Waals surface area contributed by atoms with Crippen molar-refractivity contribution in [2.45, 2.75) is 115 Å². The van der Waals surface area contributed by atoms with Crippen LogP contribution >= 0.6 is 0 Å². The molecule has 0 aromatic heterocycles. The second-order valence-electron chi connectivity index (χ2n) is 7.18. The van der Waals surface area contributed by atoms with E-state index in [1.54, 1.807) is 6.08 Å². The molecule has 0 spiro atoms. The number of aliphatic hydroxyl groups excluding tert-OH is 2. The fraction of sp³-hybridized carbons (Fsp3) is 0.905. The Morgan fingerprint density at radius 1 is 0.792 bits per heavy atom. The topological polar surface area (TPSA) is 60.7 Å². The summed E-state index contributed by atoms with van der Waals surface area (Å²) in [4.78, 5) is 0. The summed E-state index contributed by atoms with van der Waals surface area (Å²) in [5.74, 6) is 0. The van der Waals surface area contributed by atoms with Crippen LogP contribution in [0.5, 0.6) is 0 Å². The van der Waals surface area contributed by atoms with Gasteiger partial charge in [-0.15, -0.1) is 0 Å². The van der Waals surface area contributed by atoms with Crippen molar-refractivity contribution in [2.24, 2.45) is 0 Å². The highest BCUT2D eigenvalue weighted by Crippen LogP contribution is 2.19. The number of hydrogen-bond donors (Lipinski definition) is 3. The van der Waals surface area contributed by atoms with Crippen LogP contribution in [0.1, 0.15) is 104 Å². The molecule has 0 saturated carbocycles. The Bertz CT molecular complexity index is 291. The average Bonchev–Trinajstić information content (AvgIpc) is 2.60. The molecule has 0 amide bonds. The summed E-state index contributed by atoms with van der Waals surface area (Å²) in [6.45, 7) is 3.94. The lowest BCUT2D eigenvalue weighted by Gasteiger charge is -2.28. The summed E-state index contributed by atoms with van der Waals surface area (Å²) in [5.41, 5.74) is -1.48. The van der Waals surface area contributed by atoms with E-state index in [9.17, 15) is 15.3 Å². The van der Waals surface area contributed by atoms with Gasteiger partial charge in [0.25, 0.3) is 0 Å². The van der Waals surface area contributed by atoms with Crippen molar-refractivity contribution in [1.29, 1.82) is 0 Å². The average molecular weight is 343 g/mol. The molecule has 24 heavy (non-hydrogen) atoms. The van der Waals surface area contributed by atoms with E-state index in [1.807, 2.05) is 6.08 Å². The molecule has 3 N–H and O–H groups in total. The molecule has 0 aliphatic rings. The van der Waals surface area contributed by atoms with E-state index in [0.29, 0.717) is 6.42 Å². The Morgan fingerprint density at radius 3 is 1.79 bits per heavy atom. The third kappa shape index (κ3) is 12.0. The maximum Gasteiger partial charge on any atom is 0.131 e. The molecule has 3 nitrogen and oxygen atoms in total. The molecular weight excluding hydrogens is 300 g/mol. The van der Waals surface area contributed by atoms with Crippen LogP contribution in [-0.4, -0.2) is 33.6 Å². The fourth-order valence-corrected chi connectivity index (χ4v) is 2.95. The van der Waals surface area contributed by atoms with Crippen molar-refractivity contribution in [3.63, 3.8) is 0 Å². The largest absolute Gasteiger partial charge is 0.393 e. The van der Waals surface area contributed by atoms with Crippen molar-refractivity contribution >= 4 is 0 Å². The highest BCUT2D eigenvalue weighted by molar-refractivity contribution is 5.05. The van der Waals surface area contributed by atoms with E-state index in [2.05, 4.69) is 13.8 Å². The quantitative estimate of drug-likeness (QED) is 0.254. The van der Waals surface area contributed by atoms with E-state index in [0.717, 1.165) is 32.1 Å². The Hall–Kier alpha value is -0.380. The second-order valence-corrected chi connectivity index (χ2v) is 7.18. The van der Waals surface area contributed by atoms with Gasteiger partial charge in [-0.3, -0.25) is 0 Å². The van der Waals surface area contributed by atoms with Crippen LogP contribution in [0.3, 0.4) is 0 Å². The summed E-state index contributed by atoms with van der Waals surface area (Å²) in [5, 5.41) is 29.9. The van der Waals surface area contributed by atoms with E-state index in [1.165, 1.54) is 51.4 Å². The first-order valence-electron chi connectivity index (χ1n) is 10.3. The third-order valence-electron chi connectivity index (χ3n) is 4.79. The van der Waals surface area contributed by atoms with E-state index >= 15 is 0 Å². The molecular formula is C21H42O3. The first-order chi connectivity index (χ1) is 11.6. The maximum absolute atomic E-state index is 10.3. The Morgan fingerprint density at radius 2 is 1.29 bits per heavy atom. The van der Waals surface area contributed by atoms with Crippen LogP contribution in [0.15, 0.2) is 12.2 Å². The van der Waals surface area contributed by atoms with Crippen molar-refractivity contribution in [1.82, 2.24) is 0 Å². The second kappa shape index (κ2) is 16.1. The highest BCUT2D eigenvalue weighted by atomic mass is 16.4. The highest BCUT2D eigenvalue weighted by Gasteiger charge is 2.31. The van der Waals surface area contributed by atoms with Crippen molar-refractivity contribution in [3.8, 4) is 0 Å². The molecule has 0 aromatic carbocycles. The predicted octanol–water partition coefficient (Wildman–Crippen LogP) is 5.13. The molecule has 0 aliphatic heterocycles. The van der Waals surface area contributed by atoms with Crippen LogP contribution in [-0.2, 0) is 0 Å². The van der Waals surface area contributed by atoms with Gasteiger partial charge >= 0.3 is 0 Å². The molecule has 0 radical (unpaired) electrons. The molecule has 144 valence electrons. The summed E-state index contributed by atoms with van der Waals surface area (Å²) in [6.07, 6.45) is 18.7. The van der Waals surface area contributed by atoms with Crippen molar-refractivity contribution in [2.75, 3.05) is 6.61 Å². The standard InChI is InChI=1S/C21H42O3/c1-3-5-7-9-10-11-12-13-14-15-17-20(23)21(24,19-22)18-16-8-6-4-2/h16,18,20,22-24H,3-15,17,19H2,1-2H3/t20-,21?/m0/s1. The Kier molecular flexibility index (Phi) is 15.9. The van der Waals surface area contributed by atoms with Gasteiger partial charge in [-0.25, -0.2) is 0 Å². The minimum atomic E-state index is -1.48. The zero-order valence-electron chi connectivity index (χ0n) is 16.2. The van der Waals surface area contributed by atoms with Gasteiger partial charge in [-0.1, -0.05) is 103 Å². The van der Waals surface area contributed by atoms with Gasteiger partial charge in [0.15, 0.2) is 0 Å². The molecule has 0 saturated heterocycles. The summed E-state index contributed by atoms with van der Waals surface area (Å²) in [7, 11) is 0. The third-order valence-corrected chi connectivity index (χ3v) is 4.79. The smallest absolute Gasteiger partial charge is 0.131 e. The van der Waals surface area contributed by atoms with Crippen molar-refractivity contribution in [3.05, 3.63) is 12.2 Å². The van der Waals surface area contributed by atoms with Crippen LogP contribution in [0.4, 0.5) is 0 Å². The van der Waals surface area contributed by atoms with Crippen LogP contribution in [0, 0.1) is 0 Å². The predicted molar refractivity (Wildman–Crippen MR) is 103 cm³/mol. The fourth-order valence-electron chi connectivity index (χ4n) is 2.95. The van der Waals surface area contributed by atoms with Gasteiger partial charge < -0.3 is 15.3 Å². The number of aliphatic hydroxyl groups is 3. The Balaban J connectivity index is 3.74. The molecule has 0 aliphatic carbocycles. The van der Waals surface area contributed by atoms with Crippen LogP contribution in [0.25, 0.3) is 0 Å². The van der Waals surface area contributed by atoms with Gasteiger partial charge in [0.05, 0.1) is 12.7 Å². The SMILES string of the molecule is CCCCC=CC(O)(CO)[C@@H](O)CCCCCCCCCCCC. The minimum absolute atomic E-state index is 0.422. The lowest BCUT2D eigenvalue weighted by Crippen LogP contribution is -2.43. The summed E-state index contributed by atoms with van der Waals surface area (Å²) < 4.78 is 0. The molecule has 0 fully saturated rings. The zero-order chi connectivity index (χ0) is 18.1. The van der Waals surface area contributed by atoms with E-state index in [4.69, 9.17) is 0 Å². The van der Waals surface area contributed by atoms with Gasteiger partial charge in [-0.05, 0) is 12.8 Å². The number of rotatable bonds is 17. The number of allylic oxidation sites excluding steroid dienone is 1. The normalized spacial score (nSPS) is 15.7. The molecule has 0 rings (SSSR count). The van der Waals surface area contributed by atoms with Gasteiger partial charge in [0, 0.05) is 0 Å². The molecule has 0 bridgehead atoms. The molecule has 3 heteroatoms. The van der Waals surface area contributed by atoms with Crippen LogP contribution < -0.4 is 0 Å². The summed E-state index contributed by atoms with van der Waals surface area (Å²) >= 11 is 0. The van der Waals surface area contributed by atoms with Crippen molar-refractivity contribution < 1.29 is 15.3 Å². The lowest BCUT2D eigenvalue weighted by molar-refractivity contribution is -0.0747. The van der Waals surface area contributed by atoms with Gasteiger partial charge in [0.1, 0.15) is 5.60 Å². The van der Waals surface area contributed by atoms with Gasteiger partial charge in [-0.2, -0.15) is 0 Å². The number of hydrogen-bond acceptors (Lipinski definition) is 3. The molecule has 0 heterocycles. The Labute approximate surface area is 150 Å². The first kappa shape index (κ1) is 23.6. The van der Waals surface area contributed by atoms with E-state index in [-0.39, 0.29) is 0 Å². The van der Waals surface area contributed by atoms with E-state index < -0.39 is 18.3 Å². The molecule has 2 atom stereocenters. The zero-order valence-corrected chi connectivity index (χ0v) is 16.2. The first-order valence-corrected chi connectivity index (χ1v) is 10.3. The minimum Gasteiger partial charge on any atom is -0.393 e. The monoisotopic (exact) mass is 342 g/mol. The van der Waals surface area contributed by atoms with Crippen LogP contribution in [0.2, 0.25) is 0 Å². The number of unbranched alkanes of at least 4 members (excludes halogenated alkanes) is 11.